The highest BCUT2D eigenvalue weighted by molar-refractivity contribution is 6.30. The Morgan fingerprint density at radius 2 is 2.04 bits per heavy atom. The molecule has 0 aliphatic carbocycles. The first kappa shape index (κ1) is 16.3. The number of β-amino-alcohol motifs (C(OH)–C–C–N with tert-alkyl or cyclic N) is 1. The summed E-state index contributed by atoms with van der Waals surface area (Å²) in [5.41, 5.74) is 1.64. The zero-order chi connectivity index (χ0) is 16.2. The third-order valence-corrected chi connectivity index (χ3v) is 4.38. The monoisotopic (exact) mass is 335 g/mol. The first-order chi connectivity index (χ1) is 11.2. The summed E-state index contributed by atoms with van der Waals surface area (Å²) >= 11 is 6.07. The Labute approximate surface area is 141 Å². The molecule has 2 heterocycles. The number of rotatable bonds is 6. The molecule has 1 unspecified atom stereocenters. The molecule has 3 rings (SSSR count). The third-order valence-electron chi connectivity index (χ3n) is 4.14. The van der Waals surface area contributed by atoms with Crippen LogP contribution in [-0.4, -0.2) is 52.6 Å². The number of likely N-dealkylation sites (tertiary alicyclic amines) is 1. The lowest BCUT2D eigenvalue weighted by atomic mass is 10.1. The van der Waals surface area contributed by atoms with Gasteiger partial charge >= 0.3 is 0 Å². The standard InChI is InChI=1S/C17H22ClN3O2/c1-23-17-5-4-13(18)10-15(17)16-6-9-21(19-16)12-14(22)11-20-7-2-3-8-20/h4-6,9-10,14,22H,2-3,7-8,11-12H2,1H3. The molecule has 124 valence electrons. The van der Waals surface area contributed by atoms with Crippen molar-refractivity contribution in [3.63, 3.8) is 0 Å². The molecule has 0 bridgehead atoms. The quantitative estimate of drug-likeness (QED) is 0.881. The number of ether oxygens (including phenoxy) is 1. The maximum atomic E-state index is 10.2. The van der Waals surface area contributed by atoms with E-state index in [0.29, 0.717) is 18.1 Å². The number of methoxy groups -OCH3 is 1. The van der Waals surface area contributed by atoms with Crippen LogP contribution in [0.25, 0.3) is 11.3 Å². The molecule has 0 saturated carbocycles. The molecular formula is C17H22ClN3O2. The summed E-state index contributed by atoms with van der Waals surface area (Å²) in [7, 11) is 1.63. The first-order valence-electron chi connectivity index (χ1n) is 7.93. The summed E-state index contributed by atoms with van der Waals surface area (Å²) in [6.45, 7) is 3.36. The largest absolute Gasteiger partial charge is 0.496 e. The number of nitrogens with zero attached hydrogens (tertiary/aromatic N) is 3. The van der Waals surface area contributed by atoms with Crippen LogP contribution in [-0.2, 0) is 6.54 Å². The van der Waals surface area contributed by atoms with Gasteiger partial charge in [-0.05, 0) is 50.2 Å². The summed E-state index contributed by atoms with van der Waals surface area (Å²) in [6, 6.07) is 7.38. The average molecular weight is 336 g/mol. The van der Waals surface area contributed by atoms with E-state index in [2.05, 4.69) is 10.00 Å². The Morgan fingerprint density at radius 1 is 1.26 bits per heavy atom. The van der Waals surface area contributed by atoms with Gasteiger partial charge in [0.1, 0.15) is 5.75 Å². The number of benzene rings is 1. The van der Waals surface area contributed by atoms with Gasteiger partial charge in [0.2, 0.25) is 0 Å². The molecule has 1 saturated heterocycles. The van der Waals surface area contributed by atoms with Crippen molar-refractivity contribution < 1.29 is 9.84 Å². The number of aromatic nitrogens is 2. The number of aliphatic hydroxyl groups is 1. The molecule has 6 heteroatoms. The molecule has 1 aliphatic rings. The second-order valence-corrected chi connectivity index (χ2v) is 6.37. The SMILES string of the molecule is COc1ccc(Cl)cc1-c1ccn(CC(O)CN2CCCC2)n1. The van der Waals surface area contributed by atoms with E-state index >= 15 is 0 Å². The minimum absolute atomic E-state index is 0.415. The van der Waals surface area contributed by atoms with Crippen molar-refractivity contribution >= 4 is 11.6 Å². The van der Waals surface area contributed by atoms with Gasteiger partial charge in [0.25, 0.3) is 0 Å². The minimum Gasteiger partial charge on any atom is -0.496 e. The second-order valence-electron chi connectivity index (χ2n) is 5.93. The second kappa shape index (κ2) is 7.34. The van der Waals surface area contributed by atoms with Crippen LogP contribution >= 0.6 is 11.6 Å². The van der Waals surface area contributed by atoms with E-state index in [0.717, 1.165) is 30.1 Å². The molecular weight excluding hydrogens is 314 g/mol. The predicted molar refractivity (Wildman–Crippen MR) is 90.9 cm³/mol. The Balaban J connectivity index is 1.69. The van der Waals surface area contributed by atoms with Crippen LogP contribution in [0.3, 0.4) is 0 Å². The van der Waals surface area contributed by atoms with Crippen LogP contribution in [0.1, 0.15) is 12.8 Å². The van der Waals surface area contributed by atoms with Crippen molar-refractivity contribution in [3.8, 4) is 17.0 Å². The fourth-order valence-electron chi connectivity index (χ4n) is 3.02. The highest BCUT2D eigenvalue weighted by Gasteiger charge is 2.17. The summed E-state index contributed by atoms with van der Waals surface area (Å²) in [5.74, 6) is 0.734. The molecule has 1 fully saturated rings. The molecule has 23 heavy (non-hydrogen) atoms. The molecule has 1 aliphatic heterocycles. The Kier molecular flexibility index (Phi) is 5.20. The normalized spacial score (nSPS) is 16.7. The summed E-state index contributed by atoms with van der Waals surface area (Å²) in [4.78, 5) is 2.30. The van der Waals surface area contributed by atoms with Crippen molar-refractivity contribution in [2.24, 2.45) is 0 Å². The number of hydrogen-bond donors (Lipinski definition) is 1. The van der Waals surface area contributed by atoms with Crippen molar-refractivity contribution in [1.29, 1.82) is 0 Å². The van der Waals surface area contributed by atoms with Gasteiger partial charge in [-0.3, -0.25) is 4.68 Å². The lowest BCUT2D eigenvalue weighted by Crippen LogP contribution is -2.32. The Bertz CT molecular complexity index is 653. The molecule has 0 radical (unpaired) electrons. The van der Waals surface area contributed by atoms with E-state index < -0.39 is 6.10 Å². The fourth-order valence-corrected chi connectivity index (χ4v) is 3.20. The number of aliphatic hydroxyl groups excluding tert-OH is 1. The van der Waals surface area contributed by atoms with E-state index in [9.17, 15) is 5.11 Å². The maximum absolute atomic E-state index is 10.2. The van der Waals surface area contributed by atoms with Crippen LogP contribution < -0.4 is 4.74 Å². The average Bonchev–Trinajstić information content (AvgIpc) is 3.19. The van der Waals surface area contributed by atoms with Crippen LogP contribution in [0.4, 0.5) is 0 Å². The molecule has 0 amide bonds. The maximum Gasteiger partial charge on any atom is 0.128 e. The zero-order valence-electron chi connectivity index (χ0n) is 13.3. The zero-order valence-corrected chi connectivity index (χ0v) is 14.0. The number of hydrogen-bond acceptors (Lipinski definition) is 4. The highest BCUT2D eigenvalue weighted by atomic mass is 35.5. The molecule has 1 N–H and O–H groups in total. The molecule has 1 atom stereocenters. The third kappa shape index (κ3) is 4.05. The van der Waals surface area contributed by atoms with E-state index in [-0.39, 0.29) is 0 Å². The summed E-state index contributed by atoms with van der Waals surface area (Å²) < 4.78 is 7.14. The molecule has 0 spiro atoms. The summed E-state index contributed by atoms with van der Waals surface area (Å²) in [6.07, 6.45) is 3.92. The van der Waals surface area contributed by atoms with E-state index in [1.54, 1.807) is 17.9 Å². The van der Waals surface area contributed by atoms with E-state index in [1.165, 1.54) is 12.8 Å². The lowest BCUT2D eigenvalue weighted by molar-refractivity contribution is 0.106. The van der Waals surface area contributed by atoms with Crippen LogP contribution in [0.2, 0.25) is 5.02 Å². The topological polar surface area (TPSA) is 50.5 Å². The van der Waals surface area contributed by atoms with Crippen molar-refractivity contribution in [1.82, 2.24) is 14.7 Å². The van der Waals surface area contributed by atoms with Crippen LogP contribution in [0, 0.1) is 0 Å². The molecule has 1 aromatic carbocycles. The minimum atomic E-state index is -0.415. The van der Waals surface area contributed by atoms with Gasteiger partial charge in [0.05, 0.1) is 25.5 Å². The van der Waals surface area contributed by atoms with Gasteiger partial charge < -0.3 is 14.7 Å². The van der Waals surface area contributed by atoms with Crippen LogP contribution in [0.15, 0.2) is 30.5 Å². The van der Waals surface area contributed by atoms with Gasteiger partial charge in [-0.25, -0.2) is 0 Å². The van der Waals surface area contributed by atoms with Gasteiger partial charge in [-0.2, -0.15) is 5.10 Å². The molecule has 1 aromatic heterocycles. The Morgan fingerprint density at radius 3 is 2.78 bits per heavy atom. The lowest BCUT2D eigenvalue weighted by Gasteiger charge is -2.19. The summed E-state index contributed by atoms with van der Waals surface area (Å²) in [5, 5.41) is 15.4. The molecule has 5 nitrogen and oxygen atoms in total. The van der Waals surface area contributed by atoms with Gasteiger partial charge in [0.15, 0.2) is 0 Å². The van der Waals surface area contributed by atoms with E-state index in [1.807, 2.05) is 24.4 Å². The number of halogens is 1. The van der Waals surface area contributed by atoms with Gasteiger partial charge in [-0.1, -0.05) is 11.6 Å². The fraction of sp³-hybridized carbons (Fsp3) is 0.471. The molecule has 2 aromatic rings. The van der Waals surface area contributed by atoms with E-state index in [4.69, 9.17) is 16.3 Å². The van der Waals surface area contributed by atoms with Crippen molar-refractivity contribution in [2.45, 2.75) is 25.5 Å². The highest BCUT2D eigenvalue weighted by Crippen LogP contribution is 2.31. The van der Waals surface area contributed by atoms with Crippen LogP contribution in [0.5, 0.6) is 5.75 Å². The first-order valence-corrected chi connectivity index (χ1v) is 8.31. The van der Waals surface area contributed by atoms with Crippen molar-refractivity contribution in [2.75, 3.05) is 26.7 Å². The van der Waals surface area contributed by atoms with Crippen molar-refractivity contribution in [3.05, 3.63) is 35.5 Å². The Hall–Kier alpha value is -1.56. The van der Waals surface area contributed by atoms with Gasteiger partial charge in [-0.15, -0.1) is 0 Å². The van der Waals surface area contributed by atoms with Gasteiger partial charge in [0, 0.05) is 23.3 Å². The smallest absolute Gasteiger partial charge is 0.128 e. The predicted octanol–water partition coefficient (Wildman–Crippen LogP) is 2.67.